The van der Waals surface area contributed by atoms with Gasteiger partial charge in [-0.25, -0.2) is 0 Å². The normalized spacial score (nSPS) is 29.7. The number of aliphatic hydroxyl groups excluding tert-OH is 1. The van der Waals surface area contributed by atoms with Crippen LogP contribution in [0.4, 0.5) is 0 Å². The minimum absolute atomic E-state index is 0.117. The lowest BCUT2D eigenvalue weighted by molar-refractivity contribution is -0.192. The standard InChI is InChI=1S/C23H27ClO3/c1-3-26-19-7-4-16(5-8-19)14-17-15-18(6-9-20(17)24)23-13-12-22(2,27-23)11-10-21(23)25/h4-9,15,21,25H,3,10-14H2,1-2H3/t21-,22-,23+/m1/s1. The molecule has 0 saturated carbocycles. The van der Waals surface area contributed by atoms with Gasteiger partial charge in [0.25, 0.3) is 0 Å². The fourth-order valence-corrected chi connectivity index (χ4v) is 4.72. The summed E-state index contributed by atoms with van der Waals surface area (Å²) in [5.74, 6) is 0.879. The van der Waals surface area contributed by atoms with Crippen LogP contribution in [0.25, 0.3) is 0 Å². The van der Waals surface area contributed by atoms with Crippen LogP contribution in [-0.2, 0) is 16.8 Å². The van der Waals surface area contributed by atoms with E-state index in [9.17, 15) is 5.11 Å². The monoisotopic (exact) mass is 386 g/mol. The SMILES string of the molecule is CCOc1ccc(Cc2cc([C@@]34CC[C@@](C)(CC[C@H]3O)O4)ccc2Cl)cc1. The smallest absolute Gasteiger partial charge is 0.120 e. The van der Waals surface area contributed by atoms with Gasteiger partial charge in [0.05, 0.1) is 18.3 Å². The molecule has 4 rings (SSSR count). The fraction of sp³-hybridized carbons (Fsp3) is 0.478. The van der Waals surface area contributed by atoms with E-state index in [1.165, 1.54) is 5.56 Å². The highest BCUT2D eigenvalue weighted by atomic mass is 35.5. The van der Waals surface area contributed by atoms with E-state index in [4.69, 9.17) is 21.1 Å². The van der Waals surface area contributed by atoms with Gasteiger partial charge in [0.2, 0.25) is 0 Å². The summed E-state index contributed by atoms with van der Waals surface area (Å²) >= 11 is 6.50. The van der Waals surface area contributed by atoms with Crippen LogP contribution in [-0.4, -0.2) is 23.4 Å². The zero-order valence-electron chi connectivity index (χ0n) is 16.0. The summed E-state index contributed by atoms with van der Waals surface area (Å²) in [7, 11) is 0. The minimum Gasteiger partial charge on any atom is -0.494 e. The molecule has 2 heterocycles. The van der Waals surface area contributed by atoms with Gasteiger partial charge < -0.3 is 14.6 Å². The van der Waals surface area contributed by atoms with Gasteiger partial charge in [0.1, 0.15) is 11.4 Å². The first-order valence-electron chi connectivity index (χ1n) is 9.83. The van der Waals surface area contributed by atoms with Crippen LogP contribution < -0.4 is 4.74 Å². The first-order chi connectivity index (χ1) is 12.9. The first kappa shape index (κ1) is 18.8. The summed E-state index contributed by atoms with van der Waals surface area (Å²) in [4.78, 5) is 0. The Labute approximate surface area is 166 Å². The number of halogens is 1. The number of hydrogen-bond donors (Lipinski definition) is 1. The molecule has 0 spiro atoms. The number of hydrogen-bond acceptors (Lipinski definition) is 3. The van der Waals surface area contributed by atoms with Crippen molar-refractivity contribution in [2.75, 3.05) is 6.61 Å². The van der Waals surface area contributed by atoms with E-state index in [1.807, 2.05) is 31.2 Å². The molecule has 0 unspecified atom stereocenters. The Morgan fingerprint density at radius 2 is 1.93 bits per heavy atom. The third-order valence-corrected chi connectivity index (χ3v) is 6.47. The van der Waals surface area contributed by atoms with Crippen LogP contribution in [0.3, 0.4) is 0 Å². The molecular weight excluding hydrogens is 360 g/mol. The number of rotatable bonds is 5. The lowest BCUT2D eigenvalue weighted by Crippen LogP contribution is -2.46. The second kappa shape index (κ2) is 7.12. The van der Waals surface area contributed by atoms with E-state index in [0.717, 1.165) is 54.0 Å². The molecule has 2 fully saturated rings. The molecule has 2 aromatic rings. The topological polar surface area (TPSA) is 38.7 Å². The van der Waals surface area contributed by atoms with E-state index in [0.29, 0.717) is 6.61 Å². The Bertz CT molecular complexity index is 819. The highest BCUT2D eigenvalue weighted by Crippen LogP contribution is 2.53. The van der Waals surface area contributed by atoms with Gasteiger partial charge in [0.15, 0.2) is 0 Å². The summed E-state index contributed by atoms with van der Waals surface area (Å²) in [6.07, 6.45) is 3.82. The lowest BCUT2D eigenvalue weighted by Gasteiger charge is -2.42. The minimum atomic E-state index is -0.592. The highest BCUT2D eigenvalue weighted by molar-refractivity contribution is 6.31. The summed E-state index contributed by atoms with van der Waals surface area (Å²) in [6, 6.07) is 14.2. The van der Waals surface area contributed by atoms with Crippen molar-refractivity contribution in [1.29, 1.82) is 0 Å². The molecule has 3 atom stereocenters. The van der Waals surface area contributed by atoms with Gasteiger partial charge >= 0.3 is 0 Å². The molecule has 1 N–H and O–H groups in total. The number of benzene rings is 2. The predicted molar refractivity (Wildman–Crippen MR) is 108 cm³/mol. The second-order valence-electron chi connectivity index (χ2n) is 8.06. The second-order valence-corrected chi connectivity index (χ2v) is 8.46. The van der Waals surface area contributed by atoms with Crippen molar-refractivity contribution in [1.82, 2.24) is 0 Å². The average molecular weight is 387 g/mol. The predicted octanol–water partition coefficient (Wildman–Crippen LogP) is 5.25. The van der Waals surface area contributed by atoms with Crippen molar-refractivity contribution in [3.05, 3.63) is 64.2 Å². The Balaban J connectivity index is 1.62. The average Bonchev–Trinajstić information content (AvgIpc) is 2.97. The zero-order chi connectivity index (χ0) is 19.1. The van der Waals surface area contributed by atoms with E-state index in [2.05, 4.69) is 25.1 Å². The highest BCUT2D eigenvalue weighted by Gasteiger charge is 2.55. The van der Waals surface area contributed by atoms with E-state index in [1.54, 1.807) is 0 Å². The van der Waals surface area contributed by atoms with Crippen molar-refractivity contribution in [3.8, 4) is 5.75 Å². The van der Waals surface area contributed by atoms with Gasteiger partial charge in [-0.2, -0.15) is 0 Å². The van der Waals surface area contributed by atoms with Gasteiger partial charge in [0, 0.05) is 5.02 Å². The number of aliphatic hydroxyl groups is 1. The van der Waals surface area contributed by atoms with Crippen LogP contribution in [0.2, 0.25) is 5.02 Å². The zero-order valence-corrected chi connectivity index (χ0v) is 16.8. The maximum Gasteiger partial charge on any atom is 0.120 e. The fourth-order valence-electron chi connectivity index (χ4n) is 4.54. The third kappa shape index (κ3) is 3.49. The van der Waals surface area contributed by atoms with Crippen LogP contribution in [0.1, 0.15) is 56.2 Å². The number of fused-ring (bicyclic) bond motifs is 2. The lowest BCUT2D eigenvalue weighted by atomic mass is 9.83. The van der Waals surface area contributed by atoms with E-state index < -0.39 is 11.7 Å². The Kier molecular flexibility index (Phi) is 4.96. The largest absolute Gasteiger partial charge is 0.494 e. The molecule has 0 aliphatic carbocycles. The van der Waals surface area contributed by atoms with Gasteiger partial charge in [-0.15, -0.1) is 0 Å². The Morgan fingerprint density at radius 3 is 2.67 bits per heavy atom. The molecule has 0 aromatic heterocycles. The third-order valence-electron chi connectivity index (χ3n) is 6.10. The molecule has 144 valence electrons. The molecule has 2 bridgehead atoms. The molecule has 4 heteroatoms. The molecule has 2 saturated heterocycles. The van der Waals surface area contributed by atoms with E-state index >= 15 is 0 Å². The maximum atomic E-state index is 10.8. The first-order valence-corrected chi connectivity index (χ1v) is 10.2. The number of ether oxygens (including phenoxy) is 2. The summed E-state index contributed by atoms with van der Waals surface area (Å²) in [6.45, 7) is 4.81. The Hall–Kier alpha value is -1.55. The quantitative estimate of drug-likeness (QED) is 0.762. The van der Waals surface area contributed by atoms with Crippen LogP contribution >= 0.6 is 11.6 Å². The maximum absolute atomic E-state index is 10.8. The van der Waals surface area contributed by atoms with Crippen molar-refractivity contribution in [3.63, 3.8) is 0 Å². The van der Waals surface area contributed by atoms with Crippen LogP contribution in [0, 0.1) is 0 Å². The molecule has 2 aromatic carbocycles. The van der Waals surface area contributed by atoms with Crippen molar-refractivity contribution < 1.29 is 14.6 Å². The Morgan fingerprint density at radius 1 is 1.15 bits per heavy atom. The van der Waals surface area contributed by atoms with Crippen LogP contribution in [0.5, 0.6) is 5.75 Å². The van der Waals surface area contributed by atoms with Crippen molar-refractivity contribution in [2.45, 2.75) is 63.3 Å². The molecule has 2 aliphatic heterocycles. The van der Waals surface area contributed by atoms with Gasteiger partial charge in [-0.05, 0) is 80.8 Å². The van der Waals surface area contributed by atoms with E-state index in [-0.39, 0.29) is 5.60 Å². The van der Waals surface area contributed by atoms with Crippen LogP contribution in [0.15, 0.2) is 42.5 Å². The molecule has 2 aliphatic rings. The molecule has 27 heavy (non-hydrogen) atoms. The molecular formula is C23H27ClO3. The molecule has 0 amide bonds. The van der Waals surface area contributed by atoms with Gasteiger partial charge in [-0.1, -0.05) is 35.9 Å². The van der Waals surface area contributed by atoms with Crippen molar-refractivity contribution >= 4 is 11.6 Å². The molecule has 3 nitrogen and oxygen atoms in total. The summed E-state index contributed by atoms with van der Waals surface area (Å²) in [5, 5.41) is 11.5. The van der Waals surface area contributed by atoms with Crippen molar-refractivity contribution in [2.24, 2.45) is 0 Å². The summed E-state index contributed by atoms with van der Waals surface area (Å²) < 4.78 is 12.0. The summed E-state index contributed by atoms with van der Waals surface area (Å²) in [5.41, 5.74) is 2.57. The van der Waals surface area contributed by atoms with Gasteiger partial charge in [-0.3, -0.25) is 0 Å². The molecule has 0 radical (unpaired) electrons.